The fraction of sp³-hybridized carbons (Fsp3) is 0.615. The van der Waals surface area contributed by atoms with Gasteiger partial charge >= 0.3 is 5.63 Å². The third kappa shape index (κ3) is 1.96. The van der Waals surface area contributed by atoms with E-state index in [0.29, 0.717) is 11.5 Å². The van der Waals surface area contributed by atoms with Crippen molar-refractivity contribution in [1.82, 2.24) is 0 Å². The summed E-state index contributed by atoms with van der Waals surface area (Å²) in [5.74, 6) is 0.855. The zero-order chi connectivity index (χ0) is 13.7. The molecule has 2 aliphatic heterocycles. The molecular weight excluding hydrogens is 252 g/mol. The summed E-state index contributed by atoms with van der Waals surface area (Å²) in [5, 5.41) is 9.99. The van der Waals surface area contributed by atoms with Crippen LogP contribution >= 0.6 is 0 Å². The first-order chi connectivity index (χ1) is 9.02. The van der Waals surface area contributed by atoms with E-state index in [0.717, 1.165) is 0 Å². The lowest BCUT2D eigenvalue weighted by Gasteiger charge is -2.33. The molecule has 0 spiro atoms. The number of hydrogen-bond donors (Lipinski definition) is 1. The second kappa shape index (κ2) is 4.33. The lowest BCUT2D eigenvalue weighted by molar-refractivity contribution is -0.0816. The van der Waals surface area contributed by atoms with Gasteiger partial charge in [-0.2, -0.15) is 0 Å². The van der Waals surface area contributed by atoms with Crippen molar-refractivity contribution in [3.8, 4) is 5.75 Å². The van der Waals surface area contributed by atoms with E-state index in [2.05, 4.69) is 0 Å². The van der Waals surface area contributed by atoms with Crippen LogP contribution in [0.1, 0.15) is 37.4 Å². The topological polar surface area (TPSA) is 81.4 Å². The van der Waals surface area contributed by atoms with E-state index < -0.39 is 23.9 Å². The molecule has 3 rings (SSSR count). The molecule has 6 nitrogen and oxygen atoms in total. The summed E-state index contributed by atoms with van der Waals surface area (Å²) in [6, 6.07) is 1.65. The zero-order valence-electron chi connectivity index (χ0n) is 11.0. The smallest absolute Gasteiger partial charge is 0.345 e. The molecule has 3 heterocycles. The standard InChI is InChI=1S/C13H16O6/c1-5-10(14)12(16-3)9-7(17-5)4-8(19-13(9)15)11-6(2)18-11/h4-6,10-12,14H,1-3H3/t5-,6-,10-,11-,12+/m0/s1. The fourth-order valence-corrected chi connectivity index (χ4v) is 2.42. The van der Waals surface area contributed by atoms with Gasteiger partial charge < -0.3 is 23.7 Å². The van der Waals surface area contributed by atoms with Crippen molar-refractivity contribution in [2.75, 3.05) is 7.11 Å². The normalized spacial score (nSPS) is 36.5. The van der Waals surface area contributed by atoms with Crippen molar-refractivity contribution in [1.29, 1.82) is 0 Å². The molecule has 1 aromatic rings. The Kier molecular flexibility index (Phi) is 2.88. The van der Waals surface area contributed by atoms with Gasteiger partial charge in [-0.3, -0.25) is 0 Å². The van der Waals surface area contributed by atoms with Crippen LogP contribution in [0.15, 0.2) is 15.3 Å². The van der Waals surface area contributed by atoms with E-state index in [4.69, 9.17) is 18.6 Å². The zero-order valence-corrected chi connectivity index (χ0v) is 11.0. The average molecular weight is 268 g/mol. The fourth-order valence-electron chi connectivity index (χ4n) is 2.42. The SMILES string of the molecule is CO[C@@H]1c2c(cc([C@H]3O[C@H]3C)oc2=O)O[C@@H](C)[C@@H]1O. The maximum absolute atomic E-state index is 12.1. The minimum absolute atomic E-state index is 0.0472. The van der Waals surface area contributed by atoms with E-state index in [-0.39, 0.29) is 17.8 Å². The minimum Gasteiger partial charge on any atom is -0.487 e. The Morgan fingerprint density at radius 2 is 2.00 bits per heavy atom. The summed E-state index contributed by atoms with van der Waals surface area (Å²) in [6.07, 6.45) is -2.23. The van der Waals surface area contributed by atoms with Gasteiger partial charge in [0.15, 0.2) is 0 Å². The van der Waals surface area contributed by atoms with Gasteiger partial charge in [-0.15, -0.1) is 0 Å². The van der Waals surface area contributed by atoms with Crippen LogP contribution in [0.25, 0.3) is 0 Å². The van der Waals surface area contributed by atoms with Gasteiger partial charge in [0.1, 0.15) is 41.5 Å². The molecule has 104 valence electrons. The van der Waals surface area contributed by atoms with Gasteiger partial charge in [-0.05, 0) is 13.8 Å². The van der Waals surface area contributed by atoms with Gasteiger partial charge in [0.2, 0.25) is 0 Å². The molecule has 1 aromatic heterocycles. The average Bonchev–Trinajstić information content (AvgIpc) is 3.08. The largest absolute Gasteiger partial charge is 0.487 e. The maximum Gasteiger partial charge on any atom is 0.345 e. The molecule has 1 saturated heterocycles. The Hall–Kier alpha value is -1.37. The predicted octanol–water partition coefficient (Wildman–Crippen LogP) is 0.929. The number of aliphatic hydroxyl groups excluding tert-OH is 1. The molecule has 0 unspecified atom stereocenters. The van der Waals surface area contributed by atoms with Gasteiger partial charge in [-0.1, -0.05) is 0 Å². The highest BCUT2D eigenvalue weighted by atomic mass is 16.6. The minimum atomic E-state index is -0.901. The predicted molar refractivity (Wildman–Crippen MR) is 64.1 cm³/mol. The van der Waals surface area contributed by atoms with Gasteiger partial charge in [-0.25, -0.2) is 4.79 Å². The van der Waals surface area contributed by atoms with Crippen molar-refractivity contribution in [2.24, 2.45) is 0 Å². The Balaban J connectivity index is 2.07. The second-order valence-electron chi connectivity index (χ2n) is 4.95. The van der Waals surface area contributed by atoms with Crippen LogP contribution in [0.2, 0.25) is 0 Å². The van der Waals surface area contributed by atoms with Crippen LogP contribution in [-0.2, 0) is 9.47 Å². The van der Waals surface area contributed by atoms with E-state index in [1.807, 2.05) is 6.92 Å². The Labute approximate surface area is 109 Å². The van der Waals surface area contributed by atoms with Crippen LogP contribution in [0, 0.1) is 0 Å². The Bertz CT molecular complexity index is 551. The number of methoxy groups -OCH3 is 1. The van der Waals surface area contributed by atoms with Gasteiger partial charge in [0, 0.05) is 13.2 Å². The highest BCUT2D eigenvalue weighted by molar-refractivity contribution is 5.37. The van der Waals surface area contributed by atoms with E-state index in [1.165, 1.54) is 7.11 Å². The number of aliphatic hydroxyl groups is 1. The number of hydrogen-bond acceptors (Lipinski definition) is 6. The van der Waals surface area contributed by atoms with Crippen molar-refractivity contribution >= 4 is 0 Å². The molecule has 0 aliphatic carbocycles. The van der Waals surface area contributed by atoms with Crippen molar-refractivity contribution < 1.29 is 23.7 Å². The van der Waals surface area contributed by atoms with E-state index >= 15 is 0 Å². The van der Waals surface area contributed by atoms with Crippen LogP contribution in [0.4, 0.5) is 0 Å². The van der Waals surface area contributed by atoms with Gasteiger partial charge in [0.25, 0.3) is 0 Å². The lowest BCUT2D eigenvalue weighted by Crippen LogP contribution is -2.41. The highest BCUT2D eigenvalue weighted by Gasteiger charge is 2.42. The highest BCUT2D eigenvalue weighted by Crippen LogP contribution is 2.42. The molecular formula is C13H16O6. The second-order valence-corrected chi connectivity index (χ2v) is 4.95. The van der Waals surface area contributed by atoms with Crippen LogP contribution in [0.3, 0.4) is 0 Å². The van der Waals surface area contributed by atoms with Crippen molar-refractivity contribution in [2.45, 2.75) is 44.4 Å². The number of rotatable bonds is 2. The van der Waals surface area contributed by atoms with Crippen LogP contribution < -0.4 is 10.4 Å². The van der Waals surface area contributed by atoms with Crippen molar-refractivity contribution in [3.63, 3.8) is 0 Å². The summed E-state index contributed by atoms with van der Waals surface area (Å²) in [7, 11) is 1.44. The molecule has 0 saturated carbocycles. The molecule has 2 aliphatic rings. The Morgan fingerprint density at radius 3 is 2.58 bits per heavy atom. The molecule has 19 heavy (non-hydrogen) atoms. The third-order valence-corrected chi connectivity index (χ3v) is 3.60. The van der Waals surface area contributed by atoms with Gasteiger partial charge in [0.05, 0.1) is 6.10 Å². The van der Waals surface area contributed by atoms with Crippen molar-refractivity contribution in [3.05, 3.63) is 27.8 Å². The molecule has 0 aromatic carbocycles. The first-order valence-electron chi connectivity index (χ1n) is 6.24. The number of ether oxygens (including phenoxy) is 3. The molecule has 1 fully saturated rings. The van der Waals surface area contributed by atoms with Crippen LogP contribution in [-0.4, -0.2) is 30.5 Å². The van der Waals surface area contributed by atoms with E-state index in [1.54, 1.807) is 13.0 Å². The molecule has 5 atom stereocenters. The first kappa shape index (κ1) is 12.7. The summed E-state index contributed by atoms with van der Waals surface area (Å²) < 4.78 is 21.3. The number of epoxide rings is 1. The summed E-state index contributed by atoms with van der Waals surface area (Å²) in [5.41, 5.74) is -0.321. The summed E-state index contributed by atoms with van der Waals surface area (Å²) >= 11 is 0. The third-order valence-electron chi connectivity index (χ3n) is 3.60. The number of fused-ring (bicyclic) bond motifs is 1. The lowest BCUT2D eigenvalue weighted by atomic mass is 9.98. The summed E-state index contributed by atoms with van der Waals surface area (Å²) in [4.78, 5) is 12.1. The molecule has 0 amide bonds. The molecule has 6 heteroatoms. The maximum atomic E-state index is 12.1. The van der Waals surface area contributed by atoms with E-state index in [9.17, 15) is 9.90 Å². The summed E-state index contributed by atoms with van der Waals surface area (Å²) in [6.45, 7) is 3.62. The molecule has 0 bridgehead atoms. The van der Waals surface area contributed by atoms with Crippen LogP contribution in [0.5, 0.6) is 5.75 Å². The molecule has 1 N–H and O–H groups in total. The first-order valence-corrected chi connectivity index (χ1v) is 6.24. The monoisotopic (exact) mass is 268 g/mol. The Morgan fingerprint density at radius 1 is 1.32 bits per heavy atom. The quantitative estimate of drug-likeness (QED) is 0.803. The molecule has 0 radical (unpaired) electrons.